The van der Waals surface area contributed by atoms with E-state index in [9.17, 15) is 9.35 Å². The third kappa shape index (κ3) is 9.69. The van der Waals surface area contributed by atoms with E-state index < -0.39 is 11.4 Å². The van der Waals surface area contributed by atoms with Gasteiger partial charge in [-0.15, -0.1) is 16.1 Å². The Balaban J connectivity index is 1.42. The van der Waals surface area contributed by atoms with Crippen molar-refractivity contribution >= 4 is 34.5 Å². The molecule has 1 unspecified atom stereocenters. The Kier molecular flexibility index (Phi) is 11.0. The summed E-state index contributed by atoms with van der Waals surface area (Å²) in [6.07, 6.45) is 5.06. The number of anilines is 1. The molecule has 1 aliphatic rings. The van der Waals surface area contributed by atoms with Crippen LogP contribution in [0.3, 0.4) is 0 Å². The first-order valence-electron chi connectivity index (χ1n) is 14.0. The van der Waals surface area contributed by atoms with Crippen LogP contribution < -0.4 is 21.0 Å². The van der Waals surface area contributed by atoms with Gasteiger partial charge in [0.2, 0.25) is 0 Å². The lowest BCUT2D eigenvalue weighted by Gasteiger charge is -2.28. The second-order valence-electron chi connectivity index (χ2n) is 11.6. The molecule has 11 heteroatoms. The fourth-order valence-electron chi connectivity index (χ4n) is 4.59. The average molecular weight is 600 g/mol. The summed E-state index contributed by atoms with van der Waals surface area (Å²) in [7, 11) is 0. The molecule has 1 fully saturated rings. The number of nitrogens with one attached hydrogen (secondary N) is 4. The molecule has 1 heterocycles. The van der Waals surface area contributed by atoms with E-state index in [2.05, 4.69) is 21.0 Å². The SMILES string of the molecule is CC(C)OC(=O)N[C@H]1CC[C@@H](c2ncc(-c3ccc(NONCc4ccccc4)cc3[S+]([O-])NC(C)(C)C)s2)CC1. The molecule has 1 atom stereocenters. The van der Waals surface area contributed by atoms with E-state index in [-0.39, 0.29) is 23.8 Å². The van der Waals surface area contributed by atoms with Gasteiger partial charge >= 0.3 is 6.09 Å². The van der Waals surface area contributed by atoms with Crippen LogP contribution in [0, 0.1) is 0 Å². The number of nitrogens with zero attached hydrogens (tertiary/aromatic N) is 1. The molecule has 9 nitrogen and oxygen atoms in total. The number of alkyl carbamates (subject to hydrolysis) is 1. The highest BCUT2D eigenvalue weighted by Crippen LogP contribution is 2.40. The van der Waals surface area contributed by atoms with Gasteiger partial charge in [0, 0.05) is 30.8 Å². The van der Waals surface area contributed by atoms with Crippen LogP contribution in [0.5, 0.6) is 0 Å². The number of thiazole rings is 1. The second-order valence-corrected chi connectivity index (χ2v) is 13.8. The fourth-order valence-corrected chi connectivity index (χ4v) is 7.06. The van der Waals surface area contributed by atoms with Crippen molar-refractivity contribution in [2.45, 2.75) is 95.3 Å². The van der Waals surface area contributed by atoms with Crippen molar-refractivity contribution in [1.82, 2.24) is 20.5 Å². The minimum absolute atomic E-state index is 0.124. The number of hydrogen-bond acceptors (Lipinski definition) is 9. The maximum Gasteiger partial charge on any atom is 0.407 e. The summed E-state index contributed by atoms with van der Waals surface area (Å²) < 4.78 is 21.9. The maximum absolute atomic E-state index is 13.5. The van der Waals surface area contributed by atoms with E-state index in [1.54, 1.807) is 11.3 Å². The molecule has 1 saturated carbocycles. The molecule has 222 valence electrons. The molecule has 1 aliphatic carbocycles. The number of hydroxylamine groups is 1. The van der Waals surface area contributed by atoms with Crippen molar-refractivity contribution in [3.63, 3.8) is 0 Å². The van der Waals surface area contributed by atoms with Crippen molar-refractivity contribution in [3.05, 3.63) is 65.3 Å². The zero-order valence-electron chi connectivity index (χ0n) is 24.4. The van der Waals surface area contributed by atoms with E-state index in [1.807, 2.05) is 89.3 Å². The highest BCUT2D eigenvalue weighted by atomic mass is 32.2. The summed E-state index contributed by atoms with van der Waals surface area (Å²) in [5.41, 5.74) is 8.13. The first-order valence-corrected chi connectivity index (χ1v) is 16.0. The predicted octanol–water partition coefficient (Wildman–Crippen LogP) is 6.43. The summed E-state index contributed by atoms with van der Waals surface area (Å²) in [6, 6.07) is 15.8. The number of ether oxygens (including phenoxy) is 1. The van der Waals surface area contributed by atoms with Gasteiger partial charge in [-0.25, -0.2) is 15.3 Å². The third-order valence-electron chi connectivity index (χ3n) is 6.47. The van der Waals surface area contributed by atoms with Crippen LogP contribution in [0.2, 0.25) is 0 Å². The molecule has 2 aromatic carbocycles. The lowest BCUT2D eigenvalue weighted by Crippen LogP contribution is -2.40. The first kappa shape index (κ1) is 31.3. The smallest absolute Gasteiger partial charge is 0.407 e. The van der Waals surface area contributed by atoms with Gasteiger partial charge in [0.1, 0.15) is 0 Å². The molecule has 4 rings (SSSR count). The first-order chi connectivity index (χ1) is 19.6. The Morgan fingerprint density at radius 2 is 1.85 bits per heavy atom. The van der Waals surface area contributed by atoms with E-state index in [0.29, 0.717) is 23.0 Å². The third-order valence-corrected chi connectivity index (χ3v) is 9.20. The summed E-state index contributed by atoms with van der Waals surface area (Å²) in [4.78, 5) is 23.8. The van der Waals surface area contributed by atoms with Gasteiger partial charge in [-0.05, 0) is 78.0 Å². The number of aromatic nitrogens is 1. The van der Waals surface area contributed by atoms with E-state index in [0.717, 1.165) is 46.7 Å². The predicted molar refractivity (Wildman–Crippen MR) is 165 cm³/mol. The molecule has 41 heavy (non-hydrogen) atoms. The van der Waals surface area contributed by atoms with Crippen molar-refractivity contribution in [3.8, 4) is 10.4 Å². The van der Waals surface area contributed by atoms with Gasteiger partial charge in [0.15, 0.2) is 4.90 Å². The molecular weight excluding hydrogens is 558 g/mol. The van der Waals surface area contributed by atoms with Crippen LogP contribution in [0.4, 0.5) is 10.5 Å². The summed E-state index contributed by atoms with van der Waals surface area (Å²) in [6.45, 7) is 10.2. The highest BCUT2D eigenvalue weighted by Gasteiger charge is 2.28. The minimum atomic E-state index is -1.46. The lowest BCUT2D eigenvalue weighted by atomic mass is 9.86. The summed E-state index contributed by atoms with van der Waals surface area (Å²) >= 11 is 0.179. The normalized spacial score (nSPS) is 18.2. The van der Waals surface area contributed by atoms with E-state index in [1.165, 1.54) is 0 Å². The van der Waals surface area contributed by atoms with Gasteiger partial charge in [-0.2, -0.15) is 10.4 Å². The molecule has 4 N–H and O–H groups in total. The molecular formula is C30H41N5O4S2. The van der Waals surface area contributed by atoms with Crippen LogP contribution in [0.15, 0.2) is 59.6 Å². The molecule has 0 saturated heterocycles. The van der Waals surface area contributed by atoms with Crippen molar-refractivity contribution < 1.29 is 19.0 Å². The molecule has 1 aromatic heterocycles. The van der Waals surface area contributed by atoms with Crippen LogP contribution in [-0.4, -0.2) is 33.3 Å². The second kappa shape index (κ2) is 14.5. The zero-order valence-corrected chi connectivity index (χ0v) is 26.0. The number of rotatable bonds is 11. The number of hydrogen-bond donors (Lipinski definition) is 4. The van der Waals surface area contributed by atoms with Crippen LogP contribution >= 0.6 is 11.3 Å². The van der Waals surface area contributed by atoms with Crippen LogP contribution in [0.25, 0.3) is 10.4 Å². The average Bonchev–Trinajstić information content (AvgIpc) is 3.41. The molecule has 0 bridgehead atoms. The fraction of sp³-hybridized carbons (Fsp3) is 0.467. The Labute approximate surface area is 250 Å². The maximum atomic E-state index is 13.5. The van der Waals surface area contributed by atoms with Crippen molar-refractivity contribution in [2.24, 2.45) is 0 Å². The lowest BCUT2D eigenvalue weighted by molar-refractivity contribution is 0.0837. The highest BCUT2D eigenvalue weighted by molar-refractivity contribution is 7.89. The zero-order chi connectivity index (χ0) is 29.4. The van der Waals surface area contributed by atoms with Crippen molar-refractivity contribution in [1.29, 1.82) is 0 Å². The number of carbonyl (C=O) groups is 1. The quantitative estimate of drug-likeness (QED) is 0.113. The van der Waals surface area contributed by atoms with E-state index >= 15 is 0 Å². The Hall–Kier alpha value is -2.67. The molecule has 3 aromatic rings. The van der Waals surface area contributed by atoms with E-state index in [4.69, 9.17) is 14.7 Å². The van der Waals surface area contributed by atoms with Gasteiger partial charge in [-0.1, -0.05) is 30.3 Å². The Bertz CT molecular complexity index is 1260. The molecule has 0 spiro atoms. The topological polar surface area (TPSA) is 120 Å². The largest absolute Gasteiger partial charge is 0.593 e. The molecule has 1 amide bonds. The number of carbonyl (C=O) groups excluding carboxylic acids is 1. The van der Waals surface area contributed by atoms with Crippen LogP contribution in [0.1, 0.15) is 76.8 Å². The van der Waals surface area contributed by atoms with Gasteiger partial charge in [0.25, 0.3) is 0 Å². The number of amides is 1. The summed E-state index contributed by atoms with van der Waals surface area (Å²) in [5.74, 6) is 0.333. The summed E-state index contributed by atoms with van der Waals surface area (Å²) in [5, 5.41) is 4.05. The van der Waals surface area contributed by atoms with Crippen molar-refractivity contribution in [2.75, 3.05) is 5.48 Å². The van der Waals surface area contributed by atoms with Gasteiger partial charge < -0.3 is 14.6 Å². The standard InChI is InChI=1S/C30H41N5O4S2/c1-20(2)38-29(36)33-23-13-11-22(12-14-23)28-31-19-26(40-28)25-16-15-24(17-27(25)41(37)35-30(3,4)5)34-39-32-18-21-9-7-6-8-10-21/h6-10,15-17,19-20,22-23,32,34-35H,11-14,18H2,1-5H3,(H,33,36)/t22-,23+,41?. The van der Waals surface area contributed by atoms with Crippen LogP contribution in [-0.2, 0) is 27.6 Å². The Morgan fingerprint density at radius 3 is 2.54 bits per heavy atom. The molecule has 0 aliphatic heterocycles. The number of benzene rings is 2. The van der Waals surface area contributed by atoms with Gasteiger partial charge in [-0.3, -0.25) is 0 Å². The monoisotopic (exact) mass is 599 g/mol. The van der Waals surface area contributed by atoms with Gasteiger partial charge in [0.05, 0.1) is 44.1 Å². The Morgan fingerprint density at radius 1 is 1.12 bits per heavy atom. The minimum Gasteiger partial charge on any atom is -0.593 e. The molecule has 0 radical (unpaired) electrons.